The first-order chi connectivity index (χ1) is 22.3. The lowest BCUT2D eigenvalue weighted by molar-refractivity contribution is -0.136. The number of likely N-dealkylation sites (tertiary alicyclic amines) is 1. The van der Waals surface area contributed by atoms with E-state index in [0.29, 0.717) is 12.5 Å². The van der Waals surface area contributed by atoms with Crippen LogP contribution in [0.5, 0.6) is 5.75 Å². The van der Waals surface area contributed by atoms with Crippen LogP contribution < -0.4 is 15.5 Å². The first-order valence-electron chi connectivity index (χ1n) is 16.4. The molecule has 2 amide bonds. The zero-order valence-corrected chi connectivity index (χ0v) is 28.0. The number of alkyl carbamates (subject to hydrolysis) is 1. The van der Waals surface area contributed by atoms with Crippen molar-refractivity contribution < 1.29 is 28.8 Å². The average molecular weight is 638 g/mol. The zero-order chi connectivity index (χ0) is 33.4. The van der Waals surface area contributed by atoms with Gasteiger partial charge in [-0.3, -0.25) is 4.79 Å². The number of amides is 2. The maximum Gasteiger partial charge on any atom is 0.407 e. The van der Waals surface area contributed by atoms with Gasteiger partial charge in [-0.25, -0.2) is 9.78 Å². The largest absolute Gasteiger partial charge is 0.488 e. The second-order valence-corrected chi connectivity index (χ2v) is 14.6. The van der Waals surface area contributed by atoms with Crippen molar-refractivity contribution in [2.24, 2.45) is 11.8 Å². The monoisotopic (exact) mass is 637 g/mol. The van der Waals surface area contributed by atoms with Gasteiger partial charge in [0.2, 0.25) is 5.91 Å². The molecule has 47 heavy (non-hydrogen) atoms. The third-order valence-corrected chi connectivity index (χ3v) is 10.4. The molecule has 3 aliphatic rings. The van der Waals surface area contributed by atoms with E-state index in [1.54, 1.807) is 21.3 Å². The predicted octanol–water partition coefficient (Wildman–Crippen LogP) is 5.13. The lowest BCUT2D eigenvalue weighted by Crippen LogP contribution is -2.52. The van der Waals surface area contributed by atoms with Crippen LogP contribution >= 0.6 is 0 Å². The Labute approximate surface area is 275 Å². The number of aromatic nitrogens is 2. The molecule has 1 saturated heterocycles. The number of H-pyrrole nitrogens is 1. The van der Waals surface area contributed by atoms with Crippen molar-refractivity contribution in [1.82, 2.24) is 20.2 Å². The fraction of sp³-hybridized carbons (Fsp3) is 0.472. The Morgan fingerprint density at radius 2 is 1.89 bits per heavy atom. The van der Waals surface area contributed by atoms with Gasteiger partial charge in [-0.15, -0.1) is 0 Å². The second kappa shape index (κ2) is 11.3. The van der Waals surface area contributed by atoms with Crippen molar-refractivity contribution in [3.05, 3.63) is 53.9 Å². The van der Waals surface area contributed by atoms with Gasteiger partial charge in [0.05, 0.1) is 35.4 Å². The first-order valence-corrected chi connectivity index (χ1v) is 16.4. The Morgan fingerprint density at radius 3 is 2.62 bits per heavy atom. The summed E-state index contributed by atoms with van der Waals surface area (Å²) in [5.74, 6) is 1.81. The molecule has 11 heteroatoms. The van der Waals surface area contributed by atoms with Gasteiger partial charge in [0.25, 0.3) is 0 Å². The molecule has 1 aromatic heterocycles. The van der Waals surface area contributed by atoms with Crippen molar-refractivity contribution >= 4 is 46.8 Å². The Bertz CT molecular complexity index is 1900. The summed E-state index contributed by atoms with van der Waals surface area (Å²) in [5, 5.41) is 15.2. The van der Waals surface area contributed by atoms with Gasteiger partial charge in [0.1, 0.15) is 24.2 Å². The molecule has 4 aromatic rings. The molecule has 3 heterocycles. The maximum absolute atomic E-state index is 13.9. The number of imidazole rings is 1. The van der Waals surface area contributed by atoms with Crippen LogP contribution in [0.4, 0.5) is 4.79 Å². The normalized spacial score (nSPS) is 20.8. The van der Waals surface area contributed by atoms with Crippen LogP contribution in [0.2, 0.25) is 0 Å². The Kier molecular flexibility index (Phi) is 7.55. The number of carbonyl (C=O) groups is 2. The van der Waals surface area contributed by atoms with Gasteiger partial charge >= 0.3 is 13.6 Å². The number of hydrogen-bond acceptors (Lipinski definition) is 7. The minimum absolute atomic E-state index is 0.0971. The fourth-order valence-electron chi connectivity index (χ4n) is 6.79. The zero-order valence-electron chi connectivity index (χ0n) is 28.0. The number of ether oxygens (including phenoxy) is 2. The summed E-state index contributed by atoms with van der Waals surface area (Å²) in [5.41, 5.74) is 4.06. The Morgan fingerprint density at radius 1 is 1.11 bits per heavy atom. The van der Waals surface area contributed by atoms with Gasteiger partial charge < -0.3 is 34.4 Å². The number of rotatable bonds is 8. The van der Waals surface area contributed by atoms with E-state index in [1.807, 2.05) is 44.7 Å². The number of benzene rings is 3. The van der Waals surface area contributed by atoms with Crippen LogP contribution in [-0.2, 0) is 20.8 Å². The number of piperidine rings is 1. The van der Waals surface area contributed by atoms with Crippen LogP contribution in [0.15, 0.2) is 42.5 Å². The molecule has 0 spiro atoms. The lowest BCUT2D eigenvalue weighted by Gasteiger charge is -2.37. The minimum Gasteiger partial charge on any atom is -0.488 e. The number of aromatic amines is 1. The number of hydrogen-bond donors (Lipinski definition) is 3. The summed E-state index contributed by atoms with van der Waals surface area (Å²) < 4.78 is 17.1. The SMILES string of the molecule is COC(=O)N[C@H](C(=O)N1[C@@H]2C[C@@H]2C[C@H]1c1nc2c(ccc3cc4c(cc32)OCc2cc([B]OC(C)(C)C(C)(C)O)ccc2-4)[nH]1)C(C)C. The molecule has 3 aromatic carbocycles. The van der Waals surface area contributed by atoms with Crippen molar-refractivity contribution in [3.8, 4) is 16.9 Å². The Balaban J connectivity index is 1.18. The average Bonchev–Trinajstić information content (AvgIpc) is 3.47. The van der Waals surface area contributed by atoms with E-state index in [1.165, 1.54) is 7.11 Å². The number of nitrogens with one attached hydrogen (secondary N) is 2. The lowest BCUT2D eigenvalue weighted by atomic mass is 9.80. The Hall–Kier alpha value is -4.09. The third-order valence-electron chi connectivity index (χ3n) is 10.4. The highest BCUT2D eigenvalue weighted by molar-refractivity contribution is 6.47. The molecule has 0 bridgehead atoms. The quantitative estimate of drug-likeness (QED) is 0.229. The van der Waals surface area contributed by atoms with E-state index in [2.05, 4.69) is 40.6 Å². The van der Waals surface area contributed by atoms with Crippen LogP contribution in [0, 0.1) is 11.8 Å². The molecule has 1 aliphatic carbocycles. The molecule has 3 N–H and O–H groups in total. The van der Waals surface area contributed by atoms with E-state index in [4.69, 9.17) is 19.1 Å². The van der Waals surface area contributed by atoms with E-state index in [0.717, 1.165) is 68.4 Å². The third kappa shape index (κ3) is 5.53. The smallest absolute Gasteiger partial charge is 0.407 e. The molecule has 4 atom stereocenters. The van der Waals surface area contributed by atoms with Crippen molar-refractivity contribution in [2.75, 3.05) is 7.11 Å². The second-order valence-electron chi connectivity index (χ2n) is 14.6. The van der Waals surface area contributed by atoms with Crippen LogP contribution in [0.3, 0.4) is 0 Å². The minimum atomic E-state index is -1.00. The van der Waals surface area contributed by atoms with E-state index >= 15 is 0 Å². The van der Waals surface area contributed by atoms with Crippen LogP contribution in [0.25, 0.3) is 32.9 Å². The van der Waals surface area contributed by atoms with Gasteiger partial charge in [-0.05, 0) is 87.1 Å². The number of carbonyl (C=O) groups excluding carboxylic acids is 2. The summed E-state index contributed by atoms with van der Waals surface area (Å²) in [6.45, 7) is 11.5. The van der Waals surface area contributed by atoms with Crippen LogP contribution in [-0.4, -0.2) is 69.9 Å². The summed E-state index contributed by atoms with van der Waals surface area (Å²) >= 11 is 0. The van der Waals surface area contributed by atoms with E-state index in [-0.39, 0.29) is 23.9 Å². The van der Waals surface area contributed by atoms with Crippen molar-refractivity contribution in [1.29, 1.82) is 0 Å². The standard InChI is InChI=1S/C36H42BN4O6/c1-18(2)30(40-34(43)45-7)33(42)41-27-14-20(27)15-28(41)32-38-26-11-8-19-13-25-23-10-9-22(37-47-36(5,6)35(3,4)44)12-21(23)17-46-29(25)16-24(19)31(26)39-32/h8-13,16,18,20,27-28,30,44H,14-15,17H2,1-7H3,(H,38,39)(H,40,43)/t20-,27-,28+,30+/m1/s1. The molecular weight excluding hydrogens is 595 g/mol. The van der Waals surface area contributed by atoms with E-state index < -0.39 is 23.3 Å². The maximum atomic E-state index is 13.9. The predicted molar refractivity (Wildman–Crippen MR) is 180 cm³/mol. The summed E-state index contributed by atoms with van der Waals surface area (Å²) in [7, 11) is 3.00. The summed E-state index contributed by atoms with van der Waals surface area (Å²) in [6, 6.07) is 13.8. The molecule has 1 radical (unpaired) electrons. The number of fused-ring (bicyclic) bond motifs is 7. The highest BCUT2D eigenvalue weighted by Crippen LogP contribution is 2.53. The van der Waals surface area contributed by atoms with Crippen molar-refractivity contribution in [3.63, 3.8) is 0 Å². The molecule has 0 unspecified atom stereocenters. The van der Waals surface area contributed by atoms with Crippen molar-refractivity contribution in [2.45, 2.75) is 90.3 Å². The molecular formula is C36H42BN4O6. The van der Waals surface area contributed by atoms with Gasteiger partial charge in [0, 0.05) is 17.0 Å². The number of aliphatic hydroxyl groups is 1. The van der Waals surface area contributed by atoms with E-state index in [9.17, 15) is 14.7 Å². The van der Waals surface area contributed by atoms with Gasteiger partial charge in [-0.1, -0.05) is 43.6 Å². The highest BCUT2D eigenvalue weighted by atomic mass is 16.5. The number of nitrogens with zero attached hydrogens (tertiary/aromatic N) is 2. The molecule has 7 rings (SSSR count). The van der Waals surface area contributed by atoms with Gasteiger partial charge in [-0.2, -0.15) is 0 Å². The molecule has 1 saturated carbocycles. The molecule has 245 valence electrons. The summed E-state index contributed by atoms with van der Waals surface area (Å²) in [6.07, 6.45) is 1.21. The van der Waals surface area contributed by atoms with Crippen LogP contribution in [0.1, 0.15) is 71.8 Å². The highest BCUT2D eigenvalue weighted by Gasteiger charge is 2.56. The molecule has 2 fully saturated rings. The van der Waals surface area contributed by atoms with Gasteiger partial charge in [0.15, 0.2) is 0 Å². The first kappa shape index (κ1) is 31.5. The molecule has 10 nitrogen and oxygen atoms in total. The molecule has 2 aliphatic heterocycles. The summed E-state index contributed by atoms with van der Waals surface area (Å²) in [4.78, 5) is 36.5. The fourth-order valence-corrected chi connectivity index (χ4v) is 6.79. The number of methoxy groups -OCH3 is 1. The topological polar surface area (TPSA) is 126 Å².